The van der Waals surface area contributed by atoms with E-state index in [2.05, 4.69) is 0 Å². The highest BCUT2D eigenvalue weighted by molar-refractivity contribution is 6.04. The fraction of sp³-hybridized carbons (Fsp3) is 0.394. The Morgan fingerprint density at radius 2 is 1.67 bits per heavy atom. The van der Waals surface area contributed by atoms with Gasteiger partial charge in [-0.15, -0.1) is 0 Å². The number of carbonyl (C=O) groups is 3. The number of aryl methyl sites for hydroxylation is 1. The second kappa shape index (κ2) is 11.6. The predicted molar refractivity (Wildman–Crippen MR) is 161 cm³/mol. The van der Waals surface area contributed by atoms with E-state index in [1.165, 1.54) is 7.11 Å². The summed E-state index contributed by atoms with van der Waals surface area (Å²) in [6.07, 6.45) is -1.58. The van der Waals surface area contributed by atoms with Crippen LogP contribution in [-0.2, 0) is 30.9 Å². The minimum absolute atomic E-state index is 0.144. The molecule has 226 valence electrons. The first kappa shape index (κ1) is 29.9. The minimum atomic E-state index is -1.20. The van der Waals surface area contributed by atoms with Gasteiger partial charge in [-0.25, -0.2) is 0 Å². The van der Waals surface area contributed by atoms with Crippen molar-refractivity contribution in [1.82, 2.24) is 4.57 Å². The lowest BCUT2D eigenvalue weighted by Gasteiger charge is -2.44. The second-order valence-corrected chi connectivity index (χ2v) is 11.3. The Labute approximate surface area is 248 Å². The summed E-state index contributed by atoms with van der Waals surface area (Å²) in [4.78, 5) is 51.3. The van der Waals surface area contributed by atoms with Crippen LogP contribution >= 0.6 is 0 Å². The summed E-state index contributed by atoms with van der Waals surface area (Å²) in [7, 11) is 3.27. The summed E-state index contributed by atoms with van der Waals surface area (Å²) in [6, 6.07) is 13.1. The molecule has 1 aliphatic rings. The van der Waals surface area contributed by atoms with E-state index < -0.39 is 42.1 Å². The van der Waals surface area contributed by atoms with E-state index in [1.54, 1.807) is 19.9 Å². The Morgan fingerprint density at radius 1 is 1.00 bits per heavy atom. The maximum Gasteiger partial charge on any atom is 0.306 e. The molecular formula is C33H35NO9. The van der Waals surface area contributed by atoms with E-state index in [-0.39, 0.29) is 29.4 Å². The van der Waals surface area contributed by atoms with Gasteiger partial charge in [-0.3, -0.25) is 19.2 Å². The molecule has 3 aromatic carbocycles. The van der Waals surface area contributed by atoms with E-state index in [1.807, 2.05) is 54.9 Å². The largest absolute Gasteiger partial charge is 0.496 e. The third kappa shape index (κ3) is 5.49. The number of carbonyl (C=O) groups excluding carboxylic acids is 2. The lowest BCUT2D eigenvalue weighted by molar-refractivity contribution is -0.190. The Morgan fingerprint density at radius 3 is 2.33 bits per heavy atom. The molecule has 2 heterocycles. The topological polar surface area (TPSA) is 130 Å². The normalized spacial score (nSPS) is 17.3. The lowest BCUT2D eigenvalue weighted by Crippen LogP contribution is -2.52. The van der Waals surface area contributed by atoms with Crippen LogP contribution in [0.2, 0.25) is 0 Å². The summed E-state index contributed by atoms with van der Waals surface area (Å²) >= 11 is 0. The predicted octanol–water partition coefficient (Wildman–Crippen LogP) is 5.58. The number of rotatable bonds is 9. The average molecular weight is 590 g/mol. The Kier molecular flexibility index (Phi) is 8.05. The number of pyridine rings is 1. The van der Waals surface area contributed by atoms with Crippen molar-refractivity contribution >= 4 is 50.5 Å². The first-order valence-corrected chi connectivity index (χ1v) is 14.3. The molecule has 0 aliphatic carbocycles. The summed E-state index contributed by atoms with van der Waals surface area (Å²) in [5.74, 6) is -1.81. The van der Waals surface area contributed by atoms with Gasteiger partial charge in [0.25, 0.3) is 0 Å². The molecule has 0 saturated carbocycles. The van der Waals surface area contributed by atoms with Gasteiger partial charge in [-0.2, -0.15) is 0 Å². The van der Waals surface area contributed by atoms with Crippen molar-refractivity contribution in [1.29, 1.82) is 0 Å². The average Bonchev–Trinajstić information content (AvgIpc) is 2.97. The number of fused-ring (bicyclic) bond motifs is 5. The third-order valence-electron chi connectivity index (χ3n) is 7.93. The quantitative estimate of drug-likeness (QED) is 0.196. The molecule has 0 radical (unpaired) electrons. The molecule has 0 saturated heterocycles. The van der Waals surface area contributed by atoms with Crippen molar-refractivity contribution in [3.63, 3.8) is 0 Å². The summed E-state index contributed by atoms with van der Waals surface area (Å²) in [5.41, 5.74) is -0.0539. The number of unbranched alkanes of at least 4 members (excludes halogenated alkanes) is 1. The molecule has 4 aromatic rings. The molecule has 1 N–H and O–H groups in total. The second-order valence-electron chi connectivity index (χ2n) is 11.3. The summed E-state index contributed by atoms with van der Waals surface area (Å²) < 4.78 is 25.9. The molecule has 5 rings (SSSR count). The number of aliphatic carboxylic acids is 1. The number of hydrogen-bond donors (Lipinski definition) is 1. The van der Waals surface area contributed by atoms with Gasteiger partial charge in [0.15, 0.2) is 12.2 Å². The van der Waals surface area contributed by atoms with E-state index >= 15 is 0 Å². The standard InChI is InChI=1S/C33H35NO9/c1-6-7-12-25(37)41-31-28-23(43-33(2,3)32(31)42-26(38)14-13-24(35)36)17-22(40-5)27-29(28)34(4)21-16-19-11-9-8-10-18(19)15-20(21)30(27)39/h8-11,15-17,31-32H,6-7,12-14H2,1-5H3,(H,35,36). The SMILES string of the molecule is CCCCC(=O)OC1c2c(cc(OC)c3c(=O)c4cc5ccccc5cc4n(C)c23)OC(C)(C)C1OC(=O)CCC(=O)O. The zero-order valence-corrected chi connectivity index (χ0v) is 24.9. The molecule has 2 unspecified atom stereocenters. The van der Waals surface area contributed by atoms with Gasteiger partial charge in [0.2, 0.25) is 5.43 Å². The third-order valence-corrected chi connectivity index (χ3v) is 7.93. The fourth-order valence-corrected chi connectivity index (χ4v) is 5.78. The van der Waals surface area contributed by atoms with Crippen LogP contribution in [0.15, 0.2) is 47.3 Å². The highest BCUT2D eigenvalue weighted by atomic mass is 16.6. The van der Waals surface area contributed by atoms with Crippen molar-refractivity contribution in [3.8, 4) is 11.5 Å². The maximum atomic E-state index is 14.2. The van der Waals surface area contributed by atoms with Crippen LogP contribution in [-0.4, -0.2) is 46.4 Å². The highest BCUT2D eigenvalue weighted by Crippen LogP contribution is 2.49. The van der Waals surface area contributed by atoms with E-state index in [0.717, 1.165) is 17.2 Å². The smallest absolute Gasteiger partial charge is 0.306 e. The zero-order valence-electron chi connectivity index (χ0n) is 24.9. The van der Waals surface area contributed by atoms with Gasteiger partial charge in [0, 0.05) is 24.9 Å². The van der Waals surface area contributed by atoms with E-state index in [0.29, 0.717) is 34.2 Å². The molecule has 0 bridgehead atoms. The van der Waals surface area contributed by atoms with Crippen molar-refractivity contribution in [2.75, 3.05) is 7.11 Å². The highest BCUT2D eigenvalue weighted by Gasteiger charge is 2.50. The van der Waals surface area contributed by atoms with Crippen LogP contribution in [0.5, 0.6) is 11.5 Å². The molecular weight excluding hydrogens is 554 g/mol. The molecule has 0 fully saturated rings. The van der Waals surface area contributed by atoms with Crippen LogP contribution in [0.1, 0.15) is 64.5 Å². The van der Waals surface area contributed by atoms with Gasteiger partial charge < -0.3 is 28.6 Å². The fourth-order valence-electron chi connectivity index (χ4n) is 5.78. The number of carboxylic acids is 1. The van der Waals surface area contributed by atoms with Gasteiger partial charge in [-0.1, -0.05) is 37.6 Å². The number of benzene rings is 3. The first-order chi connectivity index (χ1) is 20.5. The monoisotopic (exact) mass is 589 g/mol. The number of carboxylic acid groups (broad SMARTS) is 1. The molecule has 10 nitrogen and oxygen atoms in total. The number of hydrogen-bond acceptors (Lipinski definition) is 8. The Hall–Kier alpha value is -4.60. The van der Waals surface area contributed by atoms with E-state index in [9.17, 15) is 19.2 Å². The van der Waals surface area contributed by atoms with Crippen molar-refractivity contribution in [3.05, 3.63) is 58.3 Å². The van der Waals surface area contributed by atoms with Gasteiger partial charge in [0.05, 0.1) is 41.9 Å². The Balaban J connectivity index is 1.81. The molecule has 10 heteroatoms. The van der Waals surface area contributed by atoms with Gasteiger partial charge in [-0.05, 0) is 43.2 Å². The number of ether oxygens (including phenoxy) is 4. The Bertz CT molecular complexity index is 1820. The van der Waals surface area contributed by atoms with Crippen molar-refractivity contribution in [2.45, 2.75) is 70.7 Å². The van der Waals surface area contributed by atoms with E-state index in [4.69, 9.17) is 24.1 Å². The van der Waals surface area contributed by atoms with Crippen LogP contribution < -0.4 is 14.9 Å². The van der Waals surface area contributed by atoms with Gasteiger partial charge in [0.1, 0.15) is 17.1 Å². The summed E-state index contributed by atoms with van der Waals surface area (Å²) in [6.45, 7) is 5.35. The number of esters is 2. The maximum absolute atomic E-state index is 14.2. The lowest BCUT2D eigenvalue weighted by atomic mass is 9.86. The molecule has 0 amide bonds. The molecule has 43 heavy (non-hydrogen) atoms. The molecule has 1 aliphatic heterocycles. The number of aromatic nitrogens is 1. The first-order valence-electron chi connectivity index (χ1n) is 14.3. The molecule has 1 aromatic heterocycles. The van der Waals surface area contributed by atoms with Crippen LogP contribution in [0.4, 0.5) is 0 Å². The van der Waals surface area contributed by atoms with Gasteiger partial charge >= 0.3 is 17.9 Å². The number of methoxy groups -OCH3 is 1. The van der Waals surface area contributed by atoms with Crippen LogP contribution in [0.3, 0.4) is 0 Å². The molecule has 0 spiro atoms. The van der Waals surface area contributed by atoms with Crippen LogP contribution in [0.25, 0.3) is 32.6 Å². The molecule has 2 atom stereocenters. The summed E-state index contributed by atoms with van der Waals surface area (Å²) in [5, 5.41) is 11.7. The number of nitrogens with zero attached hydrogens (tertiary/aromatic N) is 1. The van der Waals surface area contributed by atoms with Crippen LogP contribution in [0, 0.1) is 0 Å². The van der Waals surface area contributed by atoms with Crippen molar-refractivity contribution < 1.29 is 38.4 Å². The van der Waals surface area contributed by atoms with Crippen molar-refractivity contribution in [2.24, 2.45) is 7.05 Å². The zero-order chi connectivity index (χ0) is 31.1. The minimum Gasteiger partial charge on any atom is -0.496 e.